The Bertz CT molecular complexity index is 374. The summed E-state index contributed by atoms with van der Waals surface area (Å²) in [6.45, 7) is 4.30. The molecule has 2 N–H and O–H groups in total. The summed E-state index contributed by atoms with van der Waals surface area (Å²) in [5.74, 6) is -0.0138. The van der Waals surface area contributed by atoms with E-state index in [0.717, 1.165) is 31.9 Å². The van der Waals surface area contributed by atoms with Gasteiger partial charge in [0.25, 0.3) is 0 Å². The van der Waals surface area contributed by atoms with Gasteiger partial charge in [0.1, 0.15) is 0 Å². The van der Waals surface area contributed by atoms with Crippen molar-refractivity contribution < 1.29 is 4.79 Å². The van der Waals surface area contributed by atoms with E-state index in [1.54, 1.807) is 0 Å². The summed E-state index contributed by atoms with van der Waals surface area (Å²) in [6.07, 6.45) is 0. The van der Waals surface area contributed by atoms with Crippen LogP contribution >= 0.6 is 0 Å². The molecular formula is C13H20N4O. The third kappa shape index (κ3) is 4.10. The number of rotatable bonds is 4. The SMILES string of the molecule is CN1CCN(NCC(=O)Nc2ccccc2)CC1. The molecule has 1 saturated heterocycles. The zero-order chi connectivity index (χ0) is 12.8. The van der Waals surface area contributed by atoms with Crippen molar-refractivity contribution in [1.29, 1.82) is 0 Å². The summed E-state index contributed by atoms with van der Waals surface area (Å²) in [7, 11) is 2.11. The van der Waals surface area contributed by atoms with Gasteiger partial charge in [-0.2, -0.15) is 0 Å². The van der Waals surface area contributed by atoms with Crippen LogP contribution in [0.2, 0.25) is 0 Å². The van der Waals surface area contributed by atoms with E-state index in [9.17, 15) is 4.79 Å². The van der Waals surface area contributed by atoms with E-state index in [4.69, 9.17) is 0 Å². The van der Waals surface area contributed by atoms with E-state index in [-0.39, 0.29) is 5.91 Å². The monoisotopic (exact) mass is 248 g/mol. The second kappa shape index (κ2) is 6.49. The summed E-state index contributed by atoms with van der Waals surface area (Å²) >= 11 is 0. The van der Waals surface area contributed by atoms with Crippen LogP contribution in [0.3, 0.4) is 0 Å². The van der Waals surface area contributed by atoms with Gasteiger partial charge in [-0.3, -0.25) is 4.79 Å². The molecule has 0 aromatic heterocycles. The van der Waals surface area contributed by atoms with Gasteiger partial charge >= 0.3 is 0 Å². The van der Waals surface area contributed by atoms with Gasteiger partial charge in [-0.15, -0.1) is 0 Å². The Morgan fingerprint density at radius 3 is 2.50 bits per heavy atom. The molecule has 1 aliphatic heterocycles. The first-order valence-corrected chi connectivity index (χ1v) is 6.26. The molecule has 5 heteroatoms. The highest BCUT2D eigenvalue weighted by Crippen LogP contribution is 2.04. The topological polar surface area (TPSA) is 47.6 Å². The Hall–Kier alpha value is -1.43. The zero-order valence-corrected chi connectivity index (χ0v) is 10.7. The van der Waals surface area contributed by atoms with Crippen molar-refractivity contribution in [1.82, 2.24) is 15.3 Å². The van der Waals surface area contributed by atoms with Gasteiger partial charge in [-0.25, -0.2) is 10.4 Å². The molecule has 0 radical (unpaired) electrons. The van der Waals surface area contributed by atoms with E-state index < -0.39 is 0 Å². The maximum Gasteiger partial charge on any atom is 0.239 e. The van der Waals surface area contributed by atoms with Gasteiger partial charge in [-0.05, 0) is 19.2 Å². The number of carbonyl (C=O) groups is 1. The third-order valence-corrected chi connectivity index (χ3v) is 3.02. The molecule has 0 aliphatic carbocycles. The lowest BCUT2D eigenvalue weighted by molar-refractivity contribution is -0.116. The Morgan fingerprint density at radius 2 is 1.83 bits per heavy atom. The number of hydrogen-bond donors (Lipinski definition) is 2. The van der Waals surface area contributed by atoms with Gasteiger partial charge in [0.15, 0.2) is 0 Å². The maximum atomic E-state index is 11.7. The molecule has 98 valence electrons. The predicted molar refractivity (Wildman–Crippen MR) is 72.1 cm³/mol. The third-order valence-electron chi connectivity index (χ3n) is 3.02. The number of anilines is 1. The Kier molecular flexibility index (Phi) is 4.69. The highest BCUT2D eigenvalue weighted by atomic mass is 16.2. The van der Waals surface area contributed by atoms with Crippen molar-refractivity contribution in [2.24, 2.45) is 0 Å². The Labute approximate surface area is 108 Å². The molecule has 1 amide bonds. The maximum absolute atomic E-state index is 11.7. The minimum absolute atomic E-state index is 0.0138. The van der Waals surface area contributed by atoms with Crippen LogP contribution < -0.4 is 10.7 Å². The van der Waals surface area contributed by atoms with Crippen LogP contribution in [0.4, 0.5) is 5.69 Å². The van der Waals surface area contributed by atoms with Gasteiger partial charge in [-0.1, -0.05) is 18.2 Å². The molecular weight excluding hydrogens is 228 g/mol. The van der Waals surface area contributed by atoms with E-state index in [0.29, 0.717) is 6.54 Å². The van der Waals surface area contributed by atoms with Crippen molar-refractivity contribution in [3.8, 4) is 0 Å². The average molecular weight is 248 g/mol. The molecule has 2 rings (SSSR count). The normalized spacial score (nSPS) is 17.6. The number of nitrogens with one attached hydrogen (secondary N) is 2. The minimum atomic E-state index is -0.0138. The van der Waals surface area contributed by atoms with E-state index >= 15 is 0 Å². The number of amides is 1. The molecule has 0 saturated carbocycles. The van der Waals surface area contributed by atoms with Crippen LogP contribution in [0.5, 0.6) is 0 Å². The van der Waals surface area contributed by atoms with Gasteiger partial charge in [0.05, 0.1) is 6.54 Å². The van der Waals surface area contributed by atoms with Crippen LogP contribution in [0.1, 0.15) is 0 Å². The Balaban J connectivity index is 1.69. The Morgan fingerprint density at radius 1 is 1.17 bits per heavy atom. The largest absolute Gasteiger partial charge is 0.325 e. The quantitative estimate of drug-likeness (QED) is 0.808. The number of likely N-dealkylation sites (N-methyl/N-ethyl adjacent to an activating group) is 1. The van der Waals surface area contributed by atoms with Crippen molar-refractivity contribution in [2.75, 3.05) is 45.1 Å². The van der Waals surface area contributed by atoms with Crippen LogP contribution in [-0.4, -0.2) is 55.6 Å². The molecule has 0 spiro atoms. The molecule has 0 atom stereocenters. The molecule has 1 heterocycles. The first-order valence-electron chi connectivity index (χ1n) is 6.26. The minimum Gasteiger partial charge on any atom is -0.325 e. The second-order valence-electron chi connectivity index (χ2n) is 4.54. The summed E-state index contributed by atoms with van der Waals surface area (Å²) in [4.78, 5) is 14.0. The molecule has 1 aliphatic rings. The van der Waals surface area contributed by atoms with Crippen LogP contribution in [0, 0.1) is 0 Å². The van der Waals surface area contributed by atoms with Crippen molar-refractivity contribution in [3.05, 3.63) is 30.3 Å². The molecule has 0 bridgehead atoms. The van der Waals surface area contributed by atoms with Crippen LogP contribution in [0.25, 0.3) is 0 Å². The van der Waals surface area contributed by atoms with Crippen molar-refractivity contribution >= 4 is 11.6 Å². The fraction of sp³-hybridized carbons (Fsp3) is 0.462. The van der Waals surface area contributed by atoms with Crippen LogP contribution in [-0.2, 0) is 4.79 Å². The molecule has 5 nitrogen and oxygen atoms in total. The number of carbonyl (C=O) groups excluding carboxylic acids is 1. The number of benzene rings is 1. The van der Waals surface area contributed by atoms with Gasteiger partial charge in [0, 0.05) is 31.9 Å². The first kappa shape index (κ1) is 13.0. The molecule has 0 unspecified atom stereocenters. The fourth-order valence-corrected chi connectivity index (χ4v) is 1.87. The summed E-state index contributed by atoms with van der Waals surface area (Å²) in [6, 6.07) is 9.51. The van der Waals surface area contributed by atoms with Gasteiger partial charge < -0.3 is 10.2 Å². The molecule has 1 fully saturated rings. The summed E-state index contributed by atoms with van der Waals surface area (Å²) in [5, 5.41) is 4.95. The van der Waals surface area contributed by atoms with E-state index in [1.807, 2.05) is 30.3 Å². The second-order valence-corrected chi connectivity index (χ2v) is 4.54. The lowest BCUT2D eigenvalue weighted by Crippen LogP contribution is -2.52. The predicted octanol–water partition coefficient (Wildman–Crippen LogP) is 0.377. The summed E-state index contributed by atoms with van der Waals surface area (Å²) < 4.78 is 0. The highest BCUT2D eigenvalue weighted by Gasteiger charge is 2.13. The van der Waals surface area contributed by atoms with Crippen molar-refractivity contribution in [2.45, 2.75) is 0 Å². The number of para-hydroxylation sites is 1. The average Bonchev–Trinajstić information content (AvgIpc) is 2.39. The van der Waals surface area contributed by atoms with E-state index in [2.05, 4.69) is 27.7 Å². The highest BCUT2D eigenvalue weighted by molar-refractivity contribution is 5.92. The number of hydrogen-bond acceptors (Lipinski definition) is 4. The molecule has 1 aromatic rings. The van der Waals surface area contributed by atoms with E-state index in [1.165, 1.54) is 0 Å². The van der Waals surface area contributed by atoms with Crippen molar-refractivity contribution in [3.63, 3.8) is 0 Å². The molecule has 1 aromatic carbocycles. The fourth-order valence-electron chi connectivity index (χ4n) is 1.87. The number of nitrogens with zero attached hydrogens (tertiary/aromatic N) is 2. The van der Waals surface area contributed by atoms with Crippen LogP contribution in [0.15, 0.2) is 30.3 Å². The molecule has 18 heavy (non-hydrogen) atoms. The standard InChI is InChI=1S/C13H20N4O/c1-16-7-9-17(10-8-16)14-11-13(18)15-12-5-3-2-4-6-12/h2-6,14H,7-11H2,1H3,(H,15,18). The first-order chi connectivity index (χ1) is 8.74. The number of hydrazine groups is 1. The smallest absolute Gasteiger partial charge is 0.239 e. The van der Waals surface area contributed by atoms with Gasteiger partial charge in [0.2, 0.25) is 5.91 Å². The number of piperazine rings is 1. The lowest BCUT2D eigenvalue weighted by Gasteiger charge is -2.32. The summed E-state index contributed by atoms with van der Waals surface area (Å²) in [5.41, 5.74) is 3.99. The lowest BCUT2D eigenvalue weighted by atomic mass is 10.3. The zero-order valence-electron chi connectivity index (χ0n) is 10.7.